The van der Waals surface area contributed by atoms with Crippen molar-refractivity contribution in [1.29, 1.82) is 0 Å². The molecule has 3 nitrogen and oxygen atoms in total. The summed E-state index contributed by atoms with van der Waals surface area (Å²) in [5.74, 6) is 0.243. The minimum Gasteiger partial charge on any atom is -0.343 e. The van der Waals surface area contributed by atoms with E-state index in [0.717, 1.165) is 19.1 Å². The Morgan fingerprint density at radius 2 is 1.47 bits per heavy atom. The first kappa shape index (κ1) is 14.5. The molecule has 100 valence electrons. The van der Waals surface area contributed by atoms with Gasteiger partial charge in [-0.05, 0) is 38.8 Å². The standard InChI is InChI=1S/C12H22N2O.C2H6/c1-11(15)13-9-5-12(6-10-13)14-7-3-2-4-8-14;1-2/h12H,2-10H2,1H3;1-2H3. The van der Waals surface area contributed by atoms with Crippen LogP contribution in [0.15, 0.2) is 0 Å². The van der Waals surface area contributed by atoms with Crippen molar-refractivity contribution in [3.8, 4) is 0 Å². The minimum absolute atomic E-state index is 0.243. The molecule has 2 aliphatic rings. The Balaban J connectivity index is 0.000000686. The molecule has 2 rings (SSSR count). The van der Waals surface area contributed by atoms with Crippen LogP contribution >= 0.6 is 0 Å². The molecule has 0 aromatic rings. The number of nitrogens with zero attached hydrogens (tertiary/aromatic N) is 2. The van der Waals surface area contributed by atoms with Gasteiger partial charge in [-0.2, -0.15) is 0 Å². The van der Waals surface area contributed by atoms with Crippen molar-refractivity contribution in [2.45, 2.75) is 58.9 Å². The van der Waals surface area contributed by atoms with Crippen molar-refractivity contribution >= 4 is 5.91 Å². The van der Waals surface area contributed by atoms with E-state index in [1.54, 1.807) is 6.92 Å². The van der Waals surface area contributed by atoms with Crippen LogP contribution in [0.3, 0.4) is 0 Å². The highest BCUT2D eigenvalue weighted by molar-refractivity contribution is 5.73. The molecule has 0 spiro atoms. The lowest BCUT2D eigenvalue weighted by Gasteiger charge is -2.40. The summed E-state index contributed by atoms with van der Waals surface area (Å²) >= 11 is 0. The highest BCUT2D eigenvalue weighted by atomic mass is 16.2. The summed E-state index contributed by atoms with van der Waals surface area (Å²) in [6, 6.07) is 0.751. The largest absolute Gasteiger partial charge is 0.343 e. The summed E-state index contributed by atoms with van der Waals surface area (Å²) in [5.41, 5.74) is 0. The fourth-order valence-corrected chi connectivity index (χ4v) is 2.83. The molecule has 0 bridgehead atoms. The Bertz CT molecular complexity index is 216. The average Bonchev–Trinajstić information content (AvgIpc) is 2.42. The van der Waals surface area contributed by atoms with Crippen LogP contribution in [0.5, 0.6) is 0 Å². The van der Waals surface area contributed by atoms with Gasteiger partial charge in [0.25, 0.3) is 0 Å². The van der Waals surface area contributed by atoms with Gasteiger partial charge >= 0.3 is 0 Å². The predicted molar refractivity (Wildman–Crippen MR) is 72.0 cm³/mol. The molecule has 0 aromatic heterocycles. The smallest absolute Gasteiger partial charge is 0.219 e. The van der Waals surface area contributed by atoms with Crippen molar-refractivity contribution in [1.82, 2.24) is 9.80 Å². The topological polar surface area (TPSA) is 23.6 Å². The quantitative estimate of drug-likeness (QED) is 0.703. The highest BCUT2D eigenvalue weighted by Gasteiger charge is 2.26. The van der Waals surface area contributed by atoms with E-state index in [-0.39, 0.29) is 5.91 Å². The number of likely N-dealkylation sites (tertiary alicyclic amines) is 2. The van der Waals surface area contributed by atoms with Gasteiger partial charge in [-0.25, -0.2) is 0 Å². The molecule has 3 heteroatoms. The van der Waals surface area contributed by atoms with Crippen molar-refractivity contribution in [3.05, 3.63) is 0 Å². The molecule has 0 radical (unpaired) electrons. The second-order valence-corrected chi connectivity index (χ2v) is 4.83. The van der Waals surface area contributed by atoms with E-state index in [9.17, 15) is 4.79 Å². The Labute approximate surface area is 106 Å². The van der Waals surface area contributed by atoms with Crippen molar-refractivity contribution in [3.63, 3.8) is 0 Å². The first-order chi connectivity index (χ1) is 8.27. The third-order valence-electron chi connectivity index (χ3n) is 3.82. The molecule has 17 heavy (non-hydrogen) atoms. The molecular formula is C14H28N2O. The van der Waals surface area contributed by atoms with Crippen molar-refractivity contribution in [2.24, 2.45) is 0 Å². The van der Waals surface area contributed by atoms with Gasteiger partial charge in [-0.3, -0.25) is 4.79 Å². The molecular weight excluding hydrogens is 212 g/mol. The third kappa shape index (κ3) is 4.30. The first-order valence-corrected chi connectivity index (χ1v) is 7.27. The fraction of sp³-hybridized carbons (Fsp3) is 0.929. The SMILES string of the molecule is CC.CC(=O)N1CCC(N2CCCCC2)CC1. The summed E-state index contributed by atoms with van der Waals surface area (Å²) in [4.78, 5) is 15.8. The molecule has 2 saturated heterocycles. The Kier molecular flexibility index (Phi) is 6.56. The monoisotopic (exact) mass is 240 g/mol. The van der Waals surface area contributed by atoms with Crippen LogP contribution in [-0.4, -0.2) is 47.9 Å². The zero-order chi connectivity index (χ0) is 12.7. The summed E-state index contributed by atoms with van der Waals surface area (Å²) in [7, 11) is 0. The van der Waals surface area contributed by atoms with Gasteiger partial charge in [-0.1, -0.05) is 20.3 Å². The third-order valence-corrected chi connectivity index (χ3v) is 3.82. The van der Waals surface area contributed by atoms with E-state index in [0.29, 0.717) is 0 Å². The van der Waals surface area contributed by atoms with E-state index >= 15 is 0 Å². The number of carbonyl (C=O) groups excluding carboxylic acids is 1. The van der Waals surface area contributed by atoms with E-state index in [1.807, 2.05) is 18.7 Å². The maximum atomic E-state index is 11.2. The molecule has 1 amide bonds. The van der Waals surface area contributed by atoms with Crippen molar-refractivity contribution < 1.29 is 4.79 Å². The molecule has 2 fully saturated rings. The van der Waals surface area contributed by atoms with Crippen LogP contribution in [-0.2, 0) is 4.79 Å². The van der Waals surface area contributed by atoms with E-state index in [2.05, 4.69) is 4.90 Å². The molecule has 2 heterocycles. The number of hydrogen-bond donors (Lipinski definition) is 0. The predicted octanol–water partition coefficient (Wildman–Crippen LogP) is 2.51. The Morgan fingerprint density at radius 3 is 1.94 bits per heavy atom. The van der Waals surface area contributed by atoms with Crippen LogP contribution in [0.25, 0.3) is 0 Å². The lowest BCUT2D eigenvalue weighted by molar-refractivity contribution is -0.130. The zero-order valence-corrected chi connectivity index (χ0v) is 11.7. The van der Waals surface area contributed by atoms with Crippen molar-refractivity contribution in [2.75, 3.05) is 26.2 Å². The number of hydrogen-bond acceptors (Lipinski definition) is 2. The van der Waals surface area contributed by atoms with Gasteiger partial charge in [0, 0.05) is 26.1 Å². The van der Waals surface area contributed by atoms with Gasteiger partial charge in [0.1, 0.15) is 0 Å². The maximum Gasteiger partial charge on any atom is 0.219 e. The second kappa shape index (κ2) is 7.70. The number of piperidine rings is 2. The van der Waals surface area contributed by atoms with Crippen LogP contribution in [0.4, 0.5) is 0 Å². The minimum atomic E-state index is 0.243. The molecule has 0 aromatic carbocycles. The zero-order valence-electron chi connectivity index (χ0n) is 11.7. The van der Waals surface area contributed by atoms with Crippen LogP contribution < -0.4 is 0 Å². The highest BCUT2D eigenvalue weighted by Crippen LogP contribution is 2.20. The molecule has 0 aliphatic carbocycles. The number of rotatable bonds is 1. The van der Waals surface area contributed by atoms with Gasteiger partial charge in [0.15, 0.2) is 0 Å². The maximum absolute atomic E-state index is 11.2. The summed E-state index contributed by atoms with van der Waals surface area (Å²) in [5, 5.41) is 0. The van der Waals surface area contributed by atoms with E-state index in [1.165, 1.54) is 45.2 Å². The molecule has 0 N–H and O–H groups in total. The summed E-state index contributed by atoms with van der Waals surface area (Å²) in [6.45, 7) is 10.2. The van der Waals surface area contributed by atoms with Crippen LogP contribution in [0.2, 0.25) is 0 Å². The summed E-state index contributed by atoms with van der Waals surface area (Å²) in [6.07, 6.45) is 6.50. The Morgan fingerprint density at radius 1 is 0.941 bits per heavy atom. The van der Waals surface area contributed by atoms with Gasteiger partial charge in [-0.15, -0.1) is 0 Å². The summed E-state index contributed by atoms with van der Waals surface area (Å²) < 4.78 is 0. The normalized spacial score (nSPS) is 22.9. The molecule has 0 saturated carbocycles. The molecule has 0 unspecified atom stereocenters. The first-order valence-electron chi connectivity index (χ1n) is 7.27. The van der Waals surface area contributed by atoms with Gasteiger partial charge in [0.05, 0.1) is 0 Å². The molecule has 2 aliphatic heterocycles. The van der Waals surface area contributed by atoms with E-state index < -0.39 is 0 Å². The van der Waals surface area contributed by atoms with Crippen LogP contribution in [0, 0.1) is 0 Å². The van der Waals surface area contributed by atoms with Gasteiger partial charge < -0.3 is 9.80 Å². The fourth-order valence-electron chi connectivity index (χ4n) is 2.83. The average molecular weight is 240 g/mol. The number of amides is 1. The van der Waals surface area contributed by atoms with E-state index in [4.69, 9.17) is 0 Å². The lowest BCUT2D eigenvalue weighted by Crippen LogP contribution is -2.47. The molecule has 0 atom stereocenters. The number of carbonyl (C=O) groups is 1. The lowest BCUT2D eigenvalue weighted by atomic mass is 10.00. The Hall–Kier alpha value is -0.570. The van der Waals surface area contributed by atoms with Gasteiger partial charge in [0.2, 0.25) is 5.91 Å². The second-order valence-electron chi connectivity index (χ2n) is 4.83. The van der Waals surface area contributed by atoms with Crippen LogP contribution in [0.1, 0.15) is 52.9 Å².